The Morgan fingerprint density at radius 1 is 1.09 bits per heavy atom. The topological polar surface area (TPSA) is 65.7 Å². The zero-order valence-corrected chi connectivity index (χ0v) is 21.8. The SMILES string of the molecule is CCNC(=NCc1coc(-c2ccc(C)cc2)n1)NC1CCN(Cc2ccccc2)CC1.I. The highest BCUT2D eigenvalue weighted by molar-refractivity contribution is 14.0. The summed E-state index contributed by atoms with van der Waals surface area (Å²) in [5.74, 6) is 1.48. The van der Waals surface area contributed by atoms with Crippen LogP contribution in [0.15, 0.2) is 70.3 Å². The van der Waals surface area contributed by atoms with Crippen molar-refractivity contribution in [3.63, 3.8) is 0 Å². The van der Waals surface area contributed by atoms with Crippen LogP contribution in [-0.4, -0.2) is 41.5 Å². The Balaban J connectivity index is 0.00000306. The summed E-state index contributed by atoms with van der Waals surface area (Å²) in [6.45, 7) is 8.68. The maximum Gasteiger partial charge on any atom is 0.226 e. The number of hydrogen-bond acceptors (Lipinski definition) is 4. The van der Waals surface area contributed by atoms with Crippen molar-refractivity contribution in [3.05, 3.63) is 77.7 Å². The number of hydrogen-bond donors (Lipinski definition) is 2. The van der Waals surface area contributed by atoms with E-state index in [0.29, 0.717) is 18.5 Å². The number of aryl methyl sites for hydroxylation is 1. The molecule has 0 atom stereocenters. The van der Waals surface area contributed by atoms with Crippen LogP contribution < -0.4 is 10.6 Å². The third-order valence-electron chi connectivity index (χ3n) is 5.77. The molecule has 0 bridgehead atoms. The van der Waals surface area contributed by atoms with Gasteiger partial charge in [0.15, 0.2) is 5.96 Å². The van der Waals surface area contributed by atoms with Gasteiger partial charge in [-0.25, -0.2) is 9.98 Å². The second kappa shape index (κ2) is 12.7. The Morgan fingerprint density at radius 2 is 1.82 bits per heavy atom. The van der Waals surface area contributed by atoms with Crippen LogP contribution in [0.3, 0.4) is 0 Å². The minimum Gasteiger partial charge on any atom is -0.444 e. The summed E-state index contributed by atoms with van der Waals surface area (Å²) in [6.07, 6.45) is 3.92. The lowest BCUT2D eigenvalue weighted by Gasteiger charge is -2.33. The predicted octanol–water partition coefficient (Wildman–Crippen LogP) is 4.99. The average molecular weight is 559 g/mol. The first kappa shape index (κ1) is 25.2. The van der Waals surface area contributed by atoms with E-state index in [1.807, 2.05) is 12.1 Å². The minimum absolute atomic E-state index is 0. The van der Waals surface area contributed by atoms with E-state index >= 15 is 0 Å². The number of aromatic nitrogens is 1. The first-order valence-corrected chi connectivity index (χ1v) is 11.5. The molecule has 1 aromatic heterocycles. The fraction of sp³-hybridized carbons (Fsp3) is 0.385. The summed E-state index contributed by atoms with van der Waals surface area (Å²) >= 11 is 0. The fourth-order valence-corrected chi connectivity index (χ4v) is 3.96. The van der Waals surface area contributed by atoms with E-state index in [4.69, 9.17) is 9.41 Å². The van der Waals surface area contributed by atoms with Crippen molar-refractivity contribution >= 4 is 29.9 Å². The number of nitrogens with one attached hydrogen (secondary N) is 2. The monoisotopic (exact) mass is 559 g/mol. The van der Waals surface area contributed by atoms with Crippen LogP contribution in [0.4, 0.5) is 0 Å². The molecule has 1 aliphatic rings. The highest BCUT2D eigenvalue weighted by atomic mass is 127. The largest absolute Gasteiger partial charge is 0.444 e. The van der Waals surface area contributed by atoms with Gasteiger partial charge in [0.25, 0.3) is 0 Å². The Bertz CT molecular complexity index is 995. The van der Waals surface area contributed by atoms with Gasteiger partial charge in [-0.15, -0.1) is 24.0 Å². The third-order valence-corrected chi connectivity index (χ3v) is 5.77. The van der Waals surface area contributed by atoms with E-state index in [9.17, 15) is 0 Å². The Labute approximate surface area is 213 Å². The van der Waals surface area contributed by atoms with Crippen LogP contribution in [0.2, 0.25) is 0 Å². The third kappa shape index (κ3) is 7.57. The number of likely N-dealkylation sites (tertiary alicyclic amines) is 1. The van der Waals surface area contributed by atoms with Gasteiger partial charge in [0, 0.05) is 37.8 Å². The molecule has 2 heterocycles. The lowest BCUT2D eigenvalue weighted by atomic mass is 10.0. The zero-order valence-electron chi connectivity index (χ0n) is 19.5. The highest BCUT2D eigenvalue weighted by Gasteiger charge is 2.20. The van der Waals surface area contributed by atoms with Crippen molar-refractivity contribution in [1.29, 1.82) is 0 Å². The van der Waals surface area contributed by atoms with Gasteiger partial charge in [0.05, 0.1) is 6.54 Å². The number of guanidine groups is 1. The van der Waals surface area contributed by atoms with Gasteiger partial charge in [-0.1, -0.05) is 48.0 Å². The lowest BCUT2D eigenvalue weighted by molar-refractivity contribution is 0.198. The molecule has 0 aliphatic carbocycles. The maximum atomic E-state index is 5.67. The molecule has 7 heteroatoms. The van der Waals surface area contributed by atoms with Crippen molar-refractivity contribution < 1.29 is 4.42 Å². The smallest absolute Gasteiger partial charge is 0.226 e. The predicted molar refractivity (Wildman–Crippen MR) is 145 cm³/mol. The summed E-state index contributed by atoms with van der Waals surface area (Å²) in [5.41, 5.74) is 4.41. The first-order chi connectivity index (χ1) is 15.7. The molecule has 6 nitrogen and oxygen atoms in total. The normalized spacial score (nSPS) is 15.2. The van der Waals surface area contributed by atoms with Crippen LogP contribution in [0.25, 0.3) is 11.5 Å². The molecular formula is C26H34IN5O. The summed E-state index contributed by atoms with van der Waals surface area (Å²) in [4.78, 5) is 11.9. The Morgan fingerprint density at radius 3 is 2.52 bits per heavy atom. The quantitative estimate of drug-likeness (QED) is 0.243. The molecular weight excluding hydrogens is 525 g/mol. The minimum atomic E-state index is 0. The lowest BCUT2D eigenvalue weighted by Crippen LogP contribution is -2.48. The molecule has 176 valence electrons. The Kier molecular flexibility index (Phi) is 9.75. The van der Waals surface area contributed by atoms with Crippen LogP contribution in [0.5, 0.6) is 0 Å². The molecule has 0 radical (unpaired) electrons. The van der Waals surface area contributed by atoms with E-state index in [0.717, 1.165) is 56.2 Å². The maximum absolute atomic E-state index is 5.67. The molecule has 1 saturated heterocycles. The highest BCUT2D eigenvalue weighted by Crippen LogP contribution is 2.19. The van der Waals surface area contributed by atoms with Crippen LogP contribution in [-0.2, 0) is 13.1 Å². The van der Waals surface area contributed by atoms with Gasteiger partial charge in [-0.3, -0.25) is 4.90 Å². The van der Waals surface area contributed by atoms with E-state index in [1.54, 1.807) is 6.26 Å². The van der Waals surface area contributed by atoms with Gasteiger partial charge in [-0.2, -0.15) is 0 Å². The number of nitrogens with zero attached hydrogens (tertiary/aromatic N) is 3. The number of halogens is 1. The molecule has 4 rings (SSSR count). The number of oxazole rings is 1. The summed E-state index contributed by atoms with van der Waals surface area (Å²) < 4.78 is 5.67. The summed E-state index contributed by atoms with van der Waals surface area (Å²) in [5, 5.41) is 6.97. The van der Waals surface area contributed by atoms with Crippen molar-refractivity contribution in [1.82, 2.24) is 20.5 Å². The molecule has 1 aliphatic heterocycles. The van der Waals surface area contributed by atoms with Crippen LogP contribution in [0, 0.1) is 6.92 Å². The number of rotatable bonds is 7. The van der Waals surface area contributed by atoms with Gasteiger partial charge < -0.3 is 15.1 Å². The summed E-state index contributed by atoms with van der Waals surface area (Å²) in [7, 11) is 0. The standard InChI is InChI=1S/C26H33N5O.HI/c1-3-27-26(28-17-24-19-32-25(29-24)22-11-9-20(2)10-12-22)30-23-13-15-31(16-14-23)18-21-7-5-4-6-8-21;/h4-12,19,23H,3,13-18H2,1-2H3,(H2,27,28,30);1H. The molecule has 0 amide bonds. The van der Waals surface area contributed by atoms with E-state index < -0.39 is 0 Å². The molecule has 0 unspecified atom stereocenters. The van der Waals surface area contributed by atoms with Crippen molar-refractivity contribution in [2.45, 2.75) is 45.8 Å². The number of piperidine rings is 1. The second-order valence-electron chi connectivity index (χ2n) is 8.39. The molecule has 2 N–H and O–H groups in total. The Hall–Kier alpha value is -2.39. The van der Waals surface area contributed by atoms with Crippen LogP contribution in [0.1, 0.15) is 36.6 Å². The second-order valence-corrected chi connectivity index (χ2v) is 8.39. The first-order valence-electron chi connectivity index (χ1n) is 11.5. The van der Waals surface area contributed by atoms with E-state index in [-0.39, 0.29) is 24.0 Å². The van der Waals surface area contributed by atoms with Crippen molar-refractivity contribution in [3.8, 4) is 11.5 Å². The van der Waals surface area contributed by atoms with E-state index in [1.165, 1.54) is 11.1 Å². The molecule has 0 spiro atoms. The zero-order chi connectivity index (χ0) is 22.2. The molecule has 2 aromatic carbocycles. The molecule has 3 aromatic rings. The molecule has 1 fully saturated rings. The van der Waals surface area contributed by atoms with Crippen molar-refractivity contribution in [2.24, 2.45) is 4.99 Å². The van der Waals surface area contributed by atoms with Crippen molar-refractivity contribution in [2.75, 3.05) is 19.6 Å². The van der Waals surface area contributed by atoms with Gasteiger partial charge in [0.2, 0.25) is 5.89 Å². The van der Waals surface area contributed by atoms with E-state index in [2.05, 4.69) is 76.8 Å². The van der Waals surface area contributed by atoms with Crippen LogP contribution >= 0.6 is 24.0 Å². The number of aliphatic imine (C=N–C) groups is 1. The fourth-order valence-electron chi connectivity index (χ4n) is 3.96. The van der Waals surface area contributed by atoms with Gasteiger partial charge in [-0.05, 0) is 44.4 Å². The average Bonchev–Trinajstić information content (AvgIpc) is 3.29. The summed E-state index contributed by atoms with van der Waals surface area (Å²) in [6, 6.07) is 19.3. The van der Waals surface area contributed by atoms with Gasteiger partial charge >= 0.3 is 0 Å². The van der Waals surface area contributed by atoms with Gasteiger partial charge in [0.1, 0.15) is 12.0 Å². The molecule has 0 saturated carbocycles. The molecule has 33 heavy (non-hydrogen) atoms. The number of benzene rings is 2.